The van der Waals surface area contributed by atoms with E-state index >= 15 is 0 Å². The van der Waals surface area contributed by atoms with Gasteiger partial charge in [0.2, 0.25) is 0 Å². The first-order chi connectivity index (χ1) is 7.77. The molecule has 0 aliphatic heterocycles. The summed E-state index contributed by atoms with van der Waals surface area (Å²) in [5.74, 6) is -0.0281. The molecule has 0 spiro atoms. The molecule has 1 aromatic carbocycles. The first kappa shape index (κ1) is 11.6. The summed E-state index contributed by atoms with van der Waals surface area (Å²) in [5, 5.41) is 21.4. The number of benzene rings is 1. The van der Waals surface area contributed by atoms with Gasteiger partial charge in [0, 0.05) is 11.5 Å². The summed E-state index contributed by atoms with van der Waals surface area (Å²) >= 11 is 0. The normalized spacial score (nSPS) is 9.69. The number of aromatic hydroxyl groups is 1. The van der Waals surface area contributed by atoms with Crippen molar-refractivity contribution in [2.45, 2.75) is 6.42 Å². The number of rotatable bonds is 4. The minimum Gasteiger partial charge on any atom is -0.507 e. The molecular formula is C11H10N4O. The summed E-state index contributed by atoms with van der Waals surface area (Å²) in [4.78, 5) is 2.63. The van der Waals surface area contributed by atoms with Crippen molar-refractivity contribution >= 4 is 6.08 Å². The third kappa shape index (κ3) is 3.37. The summed E-state index contributed by atoms with van der Waals surface area (Å²) in [6.45, 7) is 0.412. The molecule has 1 rings (SSSR count). The van der Waals surface area contributed by atoms with Crippen molar-refractivity contribution in [3.63, 3.8) is 0 Å². The van der Waals surface area contributed by atoms with Gasteiger partial charge in [-0.25, -0.2) is 0 Å². The summed E-state index contributed by atoms with van der Waals surface area (Å²) in [7, 11) is 0. The van der Waals surface area contributed by atoms with Crippen molar-refractivity contribution in [3.8, 4) is 11.8 Å². The van der Waals surface area contributed by atoms with Gasteiger partial charge >= 0.3 is 0 Å². The van der Waals surface area contributed by atoms with Crippen LogP contribution in [-0.4, -0.2) is 11.7 Å². The predicted octanol–water partition coefficient (Wildman–Crippen LogP) is 2.98. The maximum absolute atomic E-state index is 9.41. The quantitative estimate of drug-likeness (QED) is 0.361. The maximum atomic E-state index is 9.41. The van der Waals surface area contributed by atoms with Gasteiger partial charge in [-0.2, -0.15) is 5.26 Å². The zero-order valence-corrected chi connectivity index (χ0v) is 8.54. The first-order valence-corrected chi connectivity index (χ1v) is 4.68. The van der Waals surface area contributed by atoms with E-state index < -0.39 is 0 Å². The fraction of sp³-hybridized carbons (Fsp3) is 0.182. The highest BCUT2D eigenvalue weighted by Crippen LogP contribution is 2.18. The van der Waals surface area contributed by atoms with E-state index in [0.717, 1.165) is 5.56 Å². The van der Waals surface area contributed by atoms with Crippen molar-refractivity contribution in [1.82, 2.24) is 0 Å². The Kier molecular flexibility index (Phi) is 4.45. The van der Waals surface area contributed by atoms with Crippen LogP contribution in [0.4, 0.5) is 0 Å². The van der Waals surface area contributed by atoms with Crippen molar-refractivity contribution in [2.24, 2.45) is 5.11 Å². The van der Waals surface area contributed by atoms with Crippen molar-refractivity contribution in [1.29, 1.82) is 5.26 Å². The lowest BCUT2D eigenvalue weighted by Gasteiger charge is -1.97. The van der Waals surface area contributed by atoms with Crippen LogP contribution in [0.1, 0.15) is 17.5 Å². The number of hydrogen-bond donors (Lipinski definition) is 1. The van der Waals surface area contributed by atoms with Crippen molar-refractivity contribution in [3.05, 3.63) is 45.8 Å². The average molecular weight is 214 g/mol. The Morgan fingerprint density at radius 2 is 2.38 bits per heavy atom. The third-order valence-electron chi connectivity index (χ3n) is 1.91. The van der Waals surface area contributed by atoms with E-state index in [9.17, 15) is 5.11 Å². The molecule has 1 aromatic rings. The zero-order valence-electron chi connectivity index (χ0n) is 8.54. The lowest BCUT2D eigenvalue weighted by molar-refractivity contribution is 0.473. The number of nitrogens with zero attached hydrogens (tertiary/aromatic N) is 4. The molecule has 5 nitrogen and oxygen atoms in total. The molecule has 0 unspecified atom stereocenters. The lowest BCUT2D eigenvalue weighted by Crippen LogP contribution is -1.79. The van der Waals surface area contributed by atoms with E-state index in [1.54, 1.807) is 18.2 Å². The predicted molar refractivity (Wildman–Crippen MR) is 60.5 cm³/mol. The van der Waals surface area contributed by atoms with Crippen molar-refractivity contribution in [2.75, 3.05) is 6.54 Å². The van der Waals surface area contributed by atoms with Gasteiger partial charge < -0.3 is 5.11 Å². The largest absolute Gasteiger partial charge is 0.507 e. The molecule has 0 radical (unpaired) electrons. The SMILES string of the molecule is N#Cc1ccc(C=CCCN=[N+]=[N-])cc1O. The van der Waals surface area contributed by atoms with E-state index in [0.29, 0.717) is 13.0 Å². The number of phenols is 1. The average Bonchev–Trinajstić information content (AvgIpc) is 2.29. The fourth-order valence-corrected chi connectivity index (χ4v) is 1.14. The maximum Gasteiger partial charge on any atom is 0.133 e. The molecule has 1 N–H and O–H groups in total. The molecule has 0 aliphatic rings. The Morgan fingerprint density at radius 1 is 1.56 bits per heavy atom. The molecule has 0 heterocycles. The Hall–Kier alpha value is -2.44. The number of phenolic OH excluding ortho intramolecular Hbond substituents is 1. The van der Waals surface area contributed by atoms with Crippen LogP contribution in [-0.2, 0) is 0 Å². The van der Waals surface area contributed by atoms with Gasteiger partial charge in [-0.3, -0.25) is 0 Å². The summed E-state index contributed by atoms with van der Waals surface area (Å²) in [5.41, 5.74) is 9.11. The number of azide groups is 1. The van der Waals surface area contributed by atoms with E-state index in [1.807, 2.05) is 12.1 Å². The number of hydrogen-bond acceptors (Lipinski definition) is 3. The van der Waals surface area contributed by atoms with Crippen molar-refractivity contribution < 1.29 is 5.11 Å². The second-order valence-electron chi connectivity index (χ2n) is 3.03. The van der Waals surface area contributed by atoms with Crippen LogP contribution in [0.5, 0.6) is 5.75 Å². The summed E-state index contributed by atoms with van der Waals surface area (Å²) in [6.07, 6.45) is 4.29. The van der Waals surface area contributed by atoms with Crippen LogP contribution in [0.2, 0.25) is 0 Å². The fourth-order valence-electron chi connectivity index (χ4n) is 1.14. The number of nitriles is 1. The third-order valence-corrected chi connectivity index (χ3v) is 1.91. The van der Waals surface area contributed by atoms with Crippen LogP contribution in [0.3, 0.4) is 0 Å². The van der Waals surface area contributed by atoms with Gasteiger partial charge in [0.05, 0.1) is 5.56 Å². The monoisotopic (exact) mass is 214 g/mol. The molecule has 0 bridgehead atoms. The second kappa shape index (κ2) is 6.12. The molecule has 0 atom stereocenters. The standard InChI is InChI=1S/C11H10N4O/c12-8-10-5-4-9(7-11(10)16)3-1-2-6-14-15-13/h1,3-5,7,16H,2,6H2. The van der Waals surface area contributed by atoms with E-state index in [1.165, 1.54) is 6.07 Å². The molecule has 5 heteroatoms. The van der Waals surface area contributed by atoms with E-state index in [-0.39, 0.29) is 11.3 Å². The Bertz CT molecular complexity index is 481. The second-order valence-corrected chi connectivity index (χ2v) is 3.03. The van der Waals surface area contributed by atoms with Crippen LogP contribution >= 0.6 is 0 Å². The van der Waals surface area contributed by atoms with Crippen LogP contribution in [0, 0.1) is 11.3 Å². The Morgan fingerprint density at radius 3 is 3.00 bits per heavy atom. The van der Waals surface area contributed by atoms with Gasteiger partial charge in [0.25, 0.3) is 0 Å². The molecule has 0 aromatic heterocycles. The lowest BCUT2D eigenvalue weighted by atomic mass is 10.1. The first-order valence-electron chi connectivity index (χ1n) is 4.68. The minimum atomic E-state index is -0.0281. The summed E-state index contributed by atoms with van der Waals surface area (Å²) < 4.78 is 0. The molecule has 0 saturated carbocycles. The van der Waals surface area contributed by atoms with Gasteiger partial charge in [-0.1, -0.05) is 23.3 Å². The highest BCUT2D eigenvalue weighted by molar-refractivity contribution is 5.55. The molecule has 80 valence electrons. The zero-order chi connectivity index (χ0) is 11.8. The minimum absolute atomic E-state index is 0.0281. The molecule has 0 aliphatic carbocycles. The van der Waals surface area contributed by atoms with E-state index in [2.05, 4.69) is 10.0 Å². The van der Waals surface area contributed by atoms with Gasteiger partial charge in [0.1, 0.15) is 11.8 Å². The van der Waals surface area contributed by atoms with Gasteiger partial charge in [0.15, 0.2) is 0 Å². The van der Waals surface area contributed by atoms with Gasteiger partial charge in [-0.05, 0) is 29.6 Å². The highest BCUT2D eigenvalue weighted by Gasteiger charge is 1.98. The molecule has 0 fully saturated rings. The highest BCUT2D eigenvalue weighted by atomic mass is 16.3. The van der Waals surface area contributed by atoms with Crippen LogP contribution in [0.25, 0.3) is 16.5 Å². The Labute approximate surface area is 92.9 Å². The van der Waals surface area contributed by atoms with Crippen LogP contribution in [0.15, 0.2) is 29.4 Å². The van der Waals surface area contributed by atoms with Gasteiger partial charge in [-0.15, -0.1) is 0 Å². The summed E-state index contributed by atoms with van der Waals surface area (Å²) in [6, 6.07) is 6.69. The topological polar surface area (TPSA) is 92.8 Å². The van der Waals surface area contributed by atoms with Crippen LogP contribution < -0.4 is 0 Å². The Balaban J connectivity index is 2.65. The molecule has 0 saturated heterocycles. The molecular weight excluding hydrogens is 204 g/mol. The molecule has 16 heavy (non-hydrogen) atoms. The smallest absolute Gasteiger partial charge is 0.133 e. The molecule has 0 amide bonds. The van der Waals surface area contributed by atoms with E-state index in [4.69, 9.17) is 10.8 Å².